The molecule has 1 aliphatic carbocycles. The van der Waals surface area contributed by atoms with E-state index in [9.17, 15) is 0 Å². The topological polar surface area (TPSA) is 12.0 Å². The van der Waals surface area contributed by atoms with Gasteiger partial charge in [0.15, 0.2) is 0 Å². The van der Waals surface area contributed by atoms with Crippen LogP contribution in [0.25, 0.3) is 0 Å². The molecule has 0 bridgehead atoms. The Bertz CT molecular complexity index is 170. The fourth-order valence-electron chi connectivity index (χ4n) is 2.84. The van der Waals surface area contributed by atoms with Crippen molar-refractivity contribution < 1.29 is 0 Å². The average molecular weight is 225 g/mol. The second kappa shape index (κ2) is 7.32. The Labute approximate surface area is 102 Å². The van der Waals surface area contributed by atoms with Gasteiger partial charge in [0.05, 0.1) is 0 Å². The van der Waals surface area contributed by atoms with Gasteiger partial charge in [0, 0.05) is 5.54 Å². The van der Waals surface area contributed by atoms with Gasteiger partial charge in [-0.25, -0.2) is 0 Å². The summed E-state index contributed by atoms with van der Waals surface area (Å²) < 4.78 is 0. The molecule has 1 saturated carbocycles. The fourth-order valence-corrected chi connectivity index (χ4v) is 2.84. The molecule has 1 N–H and O–H groups in total. The van der Waals surface area contributed by atoms with Crippen molar-refractivity contribution in [1.82, 2.24) is 5.32 Å². The maximum atomic E-state index is 3.86. The number of unbranched alkanes of at least 4 members (excludes halogenated alkanes) is 1. The summed E-state index contributed by atoms with van der Waals surface area (Å²) in [5.41, 5.74) is 0.456. The van der Waals surface area contributed by atoms with E-state index in [1.807, 2.05) is 0 Å². The summed E-state index contributed by atoms with van der Waals surface area (Å²) in [5.74, 6) is 0.902. The van der Waals surface area contributed by atoms with E-state index in [4.69, 9.17) is 0 Å². The molecule has 96 valence electrons. The van der Waals surface area contributed by atoms with Crippen LogP contribution in [-0.2, 0) is 0 Å². The van der Waals surface area contributed by atoms with Crippen LogP contribution in [0.3, 0.4) is 0 Å². The molecule has 16 heavy (non-hydrogen) atoms. The molecule has 0 aliphatic heterocycles. The Balaban J connectivity index is 2.24. The van der Waals surface area contributed by atoms with Gasteiger partial charge in [-0.05, 0) is 38.6 Å². The van der Waals surface area contributed by atoms with E-state index < -0.39 is 0 Å². The van der Waals surface area contributed by atoms with Crippen LogP contribution >= 0.6 is 0 Å². The molecule has 0 spiro atoms. The molecule has 0 saturated heterocycles. The third-order valence-electron chi connectivity index (χ3n) is 4.32. The predicted octanol–water partition coefficient (Wildman–Crippen LogP) is 4.52. The van der Waals surface area contributed by atoms with Crippen LogP contribution < -0.4 is 5.32 Å². The van der Waals surface area contributed by atoms with Crippen LogP contribution in [0.1, 0.15) is 78.6 Å². The van der Waals surface area contributed by atoms with Crippen molar-refractivity contribution in [1.29, 1.82) is 0 Å². The van der Waals surface area contributed by atoms with Gasteiger partial charge in [-0.2, -0.15) is 0 Å². The van der Waals surface area contributed by atoms with Gasteiger partial charge in [-0.1, -0.05) is 52.4 Å². The lowest BCUT2D eigenvalue weighted by Crippen LogP contribution is -2.45. The van der Waals surface area contributed by atoms with Crippen LogP contribution in [0.15, 0.2) is 0 Å². The molecule has 1 fully saturated rings. The van der Waals surface area contributed by atoms with E-state index in [0.717, 1.165) is 5.92 Å². The first-order valence-corrected chi connectivity index (χ1v) is 7.45. The zero-order valence-electron chi connectivity index (χ0n) is 11.6. The van der Waals surface area contributed by atoms with E-state index >= 15 is 0 Å². The average Bonchev–Trinajstić information content (AvgIpc) is 2.30. The minimum Gasteiger partial charge on any atom is -0.311 e. The molecule has 1 atom stereocenters. The maximum absolute atomic E-state index is 3.86. The normalized spacial score (nSPS) is 21.9. The summed E-state index contributed by atoms with van der Waals surface area (Å²) in [7, 11) is 0. The second-order valence-corrected chi connectivity index (χ2v) is 5.92. The number of hydrogen-bond donors (Lipinski definition) is 1. The molecule has 1 unspecified atom stereocenters. The number of rotatable bonds is 7. The lowest BCUT2D eigenvalue weighted by atomic mass is 9.83. The van der Waals surface area contributed by atoms with Crippen molar-refractivity contribution in [3.63, 3.8) is 0 Å². The summed E-state index contributed by atoms with van der Waals surface area (Å²) in [4.78, 5) is 0. The third kappa shape index (κ3) is 4.86. The van der Waals surface area contributed by atoms with Crippen molar-refractivity contribution in [3.8, 4) is 0 Å². The van der Waals surface area contributed by atoms with Gasteiger partial charge < -0.3 is 5.32 Å². The van der Waals surface area contributed by atoms with Gasteiger partial charge in [0.25, 0.3) is 0 Å². The van der Waals surface area contributed by atoms with Crippen LogP contribution in [0.4, 0.5) is 0 Å². The van der Waals surface area contributed by atoms with Crippen molar-refractivity contribution >= 4 is 0 Å². The van der Waals surface area contributed by atoms with Crippen LogP contribution in [0.2, 0.25) is 0 Å². The summed E-state index contributed by atoms with van der Waals surface area (Å²) >= 11 is 0. The number of nitrogens with one attached hydrogen (secondary N) is 1. The molecule has 0 heterocycles. The molecule has 1 aliphatic rings. The quantitative estimate of drug-likeness (QED) is 0.672. The SMILES string of the molecule is CCCCC(CC)CNC1(C)CCCCC1. The van der Waals surface area contributed by atoms with E-state index in [1.54, 1.807) is 0 Å². The molecule has 0 radical (unpaired) electrons. The van der Waals surface area contributed by atoms with Crippen LogP contribution in [0.5, 0.6) is 0 Å². The Morgan fingerprint density at radius 3 is 2.38 bits per heavy atom. The van der Waals surface area contributed by atoms with Crippen LogP contribution in [0, 0.1) is 5.92 Å². The molecule has 0 aromatic heterocycles. The third-order valence-corrected chi connectivity index (χ3v) is 4.32. The lowest BCUT2D eigenvalue weighted by Gasteiger charge is -2.36. The summed E-state index contributed by atoms with van der Waals surface area (Å²) in [6.07, 6.45) is 12.6. The molecule has 0 aromatic rings. The van der Waals surface area contributed by atoms with E-state index in [1.165, 1.54) is 64.3 Å². The summed E-state index contributed by atoms with van der Waals surface area (Å²) in [6.45, 7) is 8.31. The van der Waals surface area contributed by atoms with Crippen molar-refractivity contribution in [3.05, 3.63) is 0 Å². The van der Waals surface area contributed by atoms with Gasteiger partial charge in [-0.3, -0.25) is 0 Å². The van der Waals surface area contributed by atoms with E-state index in [2.05, 4.69) is 26.1 Å². The van der Waals surface area contributed by atoms with Crippen molar-refractivity contribution in [2.45, 2.75) is 84.1 Å². The molecular weight excluding hydrogens is 194 g/mol. The van der Waals surface area contributed by atoms with E-state index in [-0.39, 0.29) is 0 Å². The van der Waals surface area contributed by atoms with Gasteiger partial charge >= 0.3 is 0 Å². The maximum Gasteiger partial charge on any atom is 0.0153 e. The molecule has 1 nitrogen and oxygen atoms in total. The molecule has 0 aromatic carbocycles. The molecule has 0 amide bonds. The molecule has 1 heteroatoms. The zero-order chi connectivity index (χ0) is 11.9. The summed E-state index contributed by atoms with van der Waals surface area (Å²) in [5, 5.41) is 3.86. The smallest absolute Gasteiger partial charge is 0.0153 e. The van der Waals surface area contributed by atoms with Crippen LogP contribution in [-0.4, -0.2) is 12.1 Å². The van der Waals surface area contributed by atoms with Gasteiger partial charge in [0.2, 0.25) is 0 Å². The van der Waals surface area contributed by atoms with Gasteiger partial charge in [-0.15, -0.1) is 0 Å². The molecular formula is C15H31N. The minimum absolute atomic E-state index is 0.456. The Hall–Kier alpha value is -0.0400. The van der Waals surface area contributed by atoms with Crippen molar-refractivity contribution in [2.75, 3.05) is 6.54 Å². The highest BCUT2D eigenvalue weighted by Gasteiger charge is 2.26. The second-order valence-electron chi connectivity index (χ2n) is 5.92. The first kappa shape index (κ1) is 14.0. The first-order valence-electron chi connectivity index (χ1n) is 7.45. The largest absolute Gasteiger partial charge is 0.311 e. The highest BCUT2D eigenvalue weighted by Crippen LogP contribution is 2.28. The Kier molecular flexibility index (Phi) is 6.41. The monoisotopic (exact) mass is 225 g/mol. The standard InChI is InChI=1S/C15H31N/c1-4-6-10-14(5-2)13-16-15(3)11-8-7-9-12-15/h14,16H,4-13H2,1-3H3. The first-order chi connectivity index (χ1) is 7.70. The zero-order valence-corrected chi connectivity index (χ0v) is 11.6. The Morgan fingerprint density at radius 1 is 1.12 bits per heavy atom. The van der Waals surface area contributed by atoms with Crippen molar-refractivity contribution in [2.24, 2.45) is 5.92 Å². The highest BCUT2D eigenvalue weighted by atomic mass is 15.0. The highest BCUT2D eigenvalue weighted by molar-refractivity contribution is 4.86. The van der Waals surface area contributed by atoms with Gasteiger partial charge in [0.1, 0.15) is 0 Å². The predicted molar refractivity (Wildman–Crippen MR) is 72.8 cm³/mol. The summed E-state index contributed by atoms with van der Waals surface area (Å²) in [6, 6.07) is 0. The molecule has 1 rings (SSSR count). The number of hydrogen-bond acceptors (Lipinski definition) is 1. The Morgan fingerprint density at radius 2 is 1.81 bits per heavy atom. The minimum atomic E-state index is 0.456. The van der Waals surface area contributed by atoms with E-state index in [0.29, 0.717) is 5.54 Å². The fraction of sp³-hybridized carbons (Fsp3) is 1.00. The lowest BCUT2D eigenvalue weighted by molar-refractivity contribution is 0.235.